The first-order valence-corrected chi connectivity index (χ1v) is 12.2. The number of aromatic nitrogens is 2. The van der Waals surface area contributed by atoms with Crippen molar-refractivity contribution >= 4 is 44.9 Å². The minimum absolute atomic E-state index is 0.108. The molecule has 0 bridgehead atoms. The molecule has 0 aliphatic carbocycles. The van der Waals surface area contributed by atoms with E-state index in [9.17, 15) is 22.3 Å². The van der Waals surface area contributed by atoms with Crippen LogP contribution in [0, 0.1) is 23.5 Å². The third-order valence-electron chi connectivity index (χ3n) is 4.87. The van der Waals surface area contributed by atoms with Gasteiger partial charge in [0.2, 0.25) is 5.95 Å². The number of hydrogen-bond donors (Lipinski definition) is 3. The number of ether oxygens (including phenoxy) is 1. The molecule has 1 saturated heterocycles. The largest absolute Gasteiger partial charge is 0.388 e. The second kappa shape index (κ2) is 10.3. The molecule has 3 aromatic rings. The van der Waals surface area contributed by atoms with Crippen LogP contribution in [-0.2, 0) is 14.8 Å². The highest BCUT2D eigenvalue weighted by Crippen LogP contribution is 2.29. The van der Waals surface area contributed by atoms with Crippen LogP contribution >= 0.6 is 23.2 Å². The molecule has 0 spiro atoms. The van der Waals surface area contributed by atoms with Crippen molar-refractivity contribution in [3.63, 3.8) is 0 Å². The standard InChI is InChI=1S/C22H16Cl2F2N4O4S/c23-13-2-4-15(24)20(7-13)35(32,33)30-17-6-5-16(25)14(21(17)26)3-1-12-8-27-22(28-9-12)29-18-10-34-11-19(18)31/h2,4-9,18-19,30-31H,10-11H2,(H,27,28,29)/t18-,19-/m0/s1. The average molecular weight is 541 g/mol. The van der Waals surface area contributed by atoms with Gasteiger partial charge in [-0.3, -0.25) is 4.72 Å². The fourth-order valence-corrected chi connectivity index (χ4v) is 4.90. The lowest BCUT2D eigenvalue weighted by molar-refractivity contribution is 0.125. The Labute approximate surface area is 209 Å². The van der Waals surface area contributed by atoms with Crippen molar-refractivity contribution in [3.8, 4) is 11.8 Å². The van der Waals surface area contributed by atoms with E-state index in [1.807, 2.05) is 4.72 Å². The van der Waals surface area contributed by atoms with Gasteiger partial charge in [0.05, 0.1) is 47.2 Å². The van der Waals surface area contributed by atoms with Gasteiger partial charge < -0.3 is 15.2 Å². The second-order valence-electron chi connectivity index (χ2n) is 7.37. The Balaban J connectivity index is 1.56. The molecule has 0 radical (unpaired) electrons. The van der Waals surface area contributed by atoms with Gasteiger partial charge in [0, 0.05) is 17.4 Å². The van der Waals surface area contributed by atoms with Crippen LogP contribution in [0.3, 0.4) is 0 Å². The lowest BCUT2D eigenvalue weighted by Gasteiger charge is -2.13. The summed E-state index contributed by atoms with van der Waals surface area (Å²) in [6, 6.07) is 5.23. The van der Waals surface area contributed by atoms with Gasteiger partial charge in [-0.25, -0.2) is 27.2 Å². The lowest BCUT2D eigenvalue weighted by atomic mass is 10.1. The zero-order chi connectivity index (χ0) is 25.2. The highest BCUT2D eigenvalue weighted by Gasteiger charge is 2.26. The number of aliphatic hydroxyl groups is 1. The molecule has 13 heteroatoms. The van der Waals surface area contributed by atoms with Crippen molar-refractivity contribution in [2.45, 2.75) is 17.0 Å². The molecule has 8 nitrogen and oxygen atoms in total. The van der Waals surface area contributed by atoms with Gasteiger partial charge in [-0.15, -0.1) is 0 Å². The van der Waals surface area contributed by atoms with Gasteiger partial charge in [-0.05, 0) is 30.3 Å². The first kappa shape index (κ1) is 25.1. The van der Waals surface area contributed by atoms with E-state index in [1.54, 1.807) is 0 Å². The smallest absolute Gasteiger partial charge is 0.263 e. The Kier molecular flexibility index (Phi) is 7.39. The van der Waals surface area contributed by atoms with Crippen molar-refractivity contribution in [1.82, 2.24) is 9.97 Å². The van der Waals surface area contributed by atoms with Crippen molar-refractivity contribution in [2.24, 2.45) is 0 Å². The predicted molar refractivity (Wildman–Crippen MR) is 126 cm³/mol. The number of aliphatic hydroxyl groups excluding tert-OH is 1. The SMILES string of the molecule is O=S(=O)(Nc1ccc(F)c(C#Cc2cnc(N[C@H]3COC[C@@H]3O)nc2)c1F)c1cc(Cl)ccc1Cl. The quantitative estimate of drug-likeness (QED) is 0.425. The third-order valence-corrected chi connectivity index (χ3v) is 6.95. The molecule has 1 aliphatic heterocycles. The van der Waals surface area contributed by atoms with Crippen LogP contribution in [0.25, 0.3) is 0 Å². The molecule has 35 heavy (non-hydrogen) atoms. The number of benzene rings is 2. The molecule has 0 unspecified atom stereocenters. The molecule has 1 fully saturated rings. The first-order chi connectivity index (χ1) is 16.6. The number of rotatable bonds is 5. The molecule has 4 rings (SSSR count). The Morgan fingerprint density at radius 2 is 1.83 bits per heavy atom. The van der Waals surface area contributed by atoms with Crippen LogP contribution in [-0.4, -0.2) is 48.9 Å². The molecule has 2 atom stereocenters. The van der Waals surface area contributed by atoms with E-state index in [0.29, 0.717) is 6.61 Å². The number of anilines is 2. The summed E-state index contributed by atoms with van der Waals surface area (Å²) in [6.07, 6.45) is 1.96. The fourth-order valence-electron chi connectivity index (χ4n) is 3.08. The Hall–Kier alpha value is -3.01. The summed E-state index contributed by atoms with van der Waals surface area (Å²) in [5, 5.41) is 12.7. The first-order valence-electron chi connectivity index (χ1n) is 9.96. The summed E-state index contributed by atoms with van der Waals surface area (Å²) in [5.41, 5.74) is -0.940. The van der Waals surface area contributed by atoms with Crippen molar-refractivity contribution < 1.29 is 27.0 Å². The highest BCUT2D eigenvalue weighted by molar-refractivity contribution is 7.92. The minimum atomic E-state index is -4.34. The Morgan fingerprint density at radius 3 is 2.51 bits per heavy atom. The zero-order valence-corrected chi connectivity index (χ0v) is 19.9. The minimum Gasteiger partial charge on any atom is -0.388 e. The van der Waals surface area contributed by atoms with Crippen LogP contribution in [0.4, 0.5) is 20.4 Å². The van der Waals surface area contributed by atoms with E-state index in [1.165, 1.54) is 24.5 Å². The van der Waals surface area contributed by atoms with E-state index in [0.717, 1.165) is 18.2 Å². The monoisotopic (exact) mass is 540 g/mol. The van der Waals surface area contributed by atoms with Crippen molar-refractivity contribution in [2.75, 3.05) is 23.3 Å². The van der Waals surface area contributed by atoms with E-state index in [2.05, 4.69) is 27.1 Å². The van der Waals surface area contributed by atoms with Gasteiger partial charge in [-0.1, -0.05) is 35.0 Å². The second-order valence-corrected chi connectivity index (χ2v) is 9.86. The van der Waals surface area contributed by atoms with Gasteiger partial charge in [0.1, 0.15) is 10.7 Å². The van der Waals surface area contributed by atoms with Crippen LogP contribution in [0.1, 0.15) is 11.1 Å². The molecule has 1 aromatic heterocycles. The lowest BCUT2D eigenvalue weighted by Crippen LogP contribution is -2.32. The van der Waals surface area contributed by atoms with E-state index in [4.69, 9.17) is 27.9 Å². The number of sulfonamides is 1. The highest BCUT2D eigenvalue weighted by atomic mass is 35.5. The van der Waals surface area contributed by atoms with Crippen LogP contribution in [0.2, 0.25) is 10.0 Å². The number of halogens is 4. The van der Waals surface area contributed by atoms with E-state index >= 15 is 0 Å². The maximum Gasteiger partial charge on any atom is 0.263 e. The van der Waals surface area contributed by atoms with Crippen LogP contribution < -0.4 is 10.0 Å². The number of nitrogens with zero attached hydrogens (tertiary/aromatic N) is 2. The summed E-state index contributed by atoms with van der Waals surface area (Å²) in [6.45, 7) is 0.508. The Bertz CT molecular complexity index is 1430. The van der Waals surface area contributed by atoms with Crippen molar-refractivity contribution in [3.05, 3.63) is 75.5 Å². The molecular formula is C22H16Cl2F2N4O4S. The summed E-state index contributed by atoms with van der Waals surface area (Å²) in [5.74, 6) is 2.89. The summed E-state index contributed by atoms with van der Waals surface area (Å²) in [4.78, 5) is 7.74. The molecule has 3 N–H and O–H groups in total. The van der Waals surface area contributed by atoms with Crippen LogP contribution in [0.15, 0.2) is 47.6 Å². The van der Waals surface area contributed by atoms with Gasteiger partial charge in [-0.2, -0.15) is 0 Å². The van der Waals surface area contributed by atoms with Gasteiger partial charge in [0.15, 0.2) is 5.82 Å². The molecular weight excluding hydrogens is 525 g/mol. The predicted octanol–water partition coefficient (Wildman–Crippen LogP) is 3.43. The maximum absolute atomic E-state index is 15.0. The summed E-state index contributed by atoms with van der Waals surface area (Å²) >= 11 is 11.8. The molecule has 1 aliphatic rings. The molecule has 182 valence electrons. The fraction of sp³-hybridized carbons (Fsp3) is 0.182. The molecule has 2 heterocycles. The Morgan fingerprint density at radius 1 is 1.09 bits per heavy atom. The molecule has 0 saturated carbocycles. The van der Waals surface area contributed by atoms with Crippen molar-refractivity contribution in [1.29, 1.82) is 0 Å². The maximum atomic E-state index is 15.0. The normalized spacial score (nSPS) is 17.5. The molecule has 2 aromatic carbocycles. The van der Waals surface area contributed by atoms with Crippen LogP contribution in [0.5, 0.6) is 0 Å². The van der Waals surface area contributed by atoms with Gasteiger partial charge in [0.25, 0.3) is 10.0 Å². The third kappa shape index (κ3) is 5.80. The van der Waals surface area contributed by atoms with Gasteiger partial charge >= 0.3 is 0 Å². The van der Waals surface area contributed by atoms with E-state index < -0.39 is 39.0 Å². The summed E-state index contributed by atoms with van der Waals surface area (Å²) < 4.78 is 61.8. The summed E-state index contributed by atoms with van der Waals surface area (Å²) in [7, 11) is -4.34. The number of hydrogen-bond acceptors (Lipinski definition) is 7. The number of nitrogens with one attached hydrogen (secondary N) is 2. The topological polar surface area (TPSA) is 113 Å². The zero-order valence-electron chi connectivity index (χ0n) is 17.6. The average Bonchev–Trinajstić information content (AvgIpc) is 3.22. The van der Waals surface area contributed by atoms with E-state index in [-0.39, 0.29) is 39.1 Å². The molecule has 0 amide bonds.